The van der Waals surface area contributed by atoms with Gasteiger partial charge >= 0.3 is 0 Å². The fourth-order valence-corrected chi connectivity index (χ4v) is 4.25. The minimum absolute atomic E-state index is 0.0120. The number of rotatable bonds is 7. The van der Waals surface area contributed by atoms with Crippen LogP contribution in [0.1, 0.15) is 27.4 Å². The second kappa shape index (κ2) is 10.5. The van der Waals surface area contributed by atoms with E-state index in [1.165, 1.54) is 12.4 Å². The number of hydrogen-bond donors (Lipinski definition) is 1. The number of halogens is 5. The van der Waals surface area contributed by atoms with Gasteiger partial charge in [0, 0.05) is 0 Å². The molecular formula is C22H15Cl5N4O3. The molecule has 0 aliphatic heterocycles. The second-order valence-electron chi connectivity index (χ2n) is 7.16. The molecule has 0 spiro atoms. The van der Waals surface area contributed by atoms with Crippen molar-refractivity contribution in [1.29, 1.82) is 0 Å². The Morgan fingerprint density at radius 1 is 1.03 bits per heavy atom. The van der Waals surface area contributed by atoms with Crippen molar-refractivity contribution in [3.63, 3.8) is 0 Å². The zero-order valence-corrected chi connectivity index (χ0v) is 21.2. The van der Waals surface area contributed by atoms with E-state index in [0.717, 1.165) is 11.1 Å². The maximum absolute atomic E-state index is 12.5. The first-order chi connectivity index (χ1) is 16.2. The van der Waals surface area contributed by atoms with E-state index in [0.29, 0.717) is 12.3 Å². The van der Waals surface area contributed by atoms with Crippen LogP contribution in [0.3, 0.4) is 0 Å². The van der Waals surface area contributed by atoms with Gasteiger partial charge in [-0.3, -0.25) is 10.1 Å². The highest BCUT2D eigenvalue weighted by atomic mass is 35.5. The molecule has 0 unspecified atom stereocenters. The number of hydrogen-bond acceptors (Lipinski definition) is 5. The molecule has 0 aliphatic rings. The normalized spacial score (nSPS) is 11.0. The number of benzene rings is 2. The lowest BCUT2D eigenvalue weighted by molar-refractivity contribution is 0.0991. The van der Waals surface area contributed by atoms with E-state index in [2.05, 4.69) is 21.5 Å². The summed E-state index contributed by atoms with van der Waals surface area (Å²) in [4.78, 5) is 16.6. The van der Waals surface area contributed by atoms with Crippen LogP contribution in [0, 0.1) is 6.92 Å². The molecule has 0 saturated carbocycles. The largest absolute Gasteiger partial charge is 0.482 e. The van der Waals surface area contributed by atoms with Crippen LogP contribution in [0.2, 0.25) is 25.1 Å². The van der Waals surface area contributed by atoms with Gasteiger partial charge in [-0.15, -0.1) is 5.10 Å². The molecule has 0 bridgehead atoms. The fourth-order valence-electron chi connectivity index (χ4n) is 3.02. The van der Waals surface area contributed by atoms with Gasteiger partial charge < -0.3 is 9.15 Å². The van der Waals surface area contributed by atoms with Crippen molar-refractivity contribution >= 4 is 69.9 Å². The summed E-state index contributed by atoms with van der Waals surface area (Å²) in [5.41, 5.74) is 2.22. The molecular weight excluding hydrogens is 546 g/mol. The Hall–Kier alpha value is -2.42. The molecule has 2 aromatic heterocycles. The van der Waals surface area contributed by atoms with Crippen LogP contribution < -0.4 is 10.1 Å². The number of carbonyl (C=O) groups excluding carboxylic acids is 1. The maximum Gasteiger partial charge on any atom is 0.293 e. The van der Waals surface area contributed by atoms with E-state index in [4.69, 9.17) is 67.2 Å². The maximum atomic E-state index is 12.5. The fraction of sp³-hybridized carbons (Fsp3) is 0.136. The third-order valence-corrected chi connectivity index (χ3v) is 6.84. The van der Waals surface area contributed by atoms with Crippen LogP contribution >= 0.6 is 58.0 Å². The van der Waals surface area contributed by atoms with E-state index in [-0.39, 0.29) is 49.2 Å². The highest BCUT2D eigenvalue weighted by Crippen LogP contribution is 2.48. The molecule has 7 nitrogen and oxygen atoms in total. The number of nitrogens with zero attached hydrogens (tertiary/aromatic N) is 3. The molecule has 4 rings (SSSR count). The summed E-state index contributed by atoms with van der Waals surface area (Å²) in [6.45, 7) is 2.45. The van der Waals surface area contributed by atoms with Crippen molar-refractivity contribution in [2.75, 3.05) is 5.32 Å². The molecule has 1 amide bonds. The van der Waals surface area contributed by atoms with Crippen molar-refractivity contribution in [2.45, 2.75) is 20.1 Å². The SMILES string of the molecule is Cc1cccc(Cn2cnc(NC(=O)c3ccc(COc4c(Cl)c(Cl)c(Cl)c(Cl)c4Cl)o3)n2)c1. The molecule has 4 aromatic rings. The molecule has 0 fully saturated rings. The highest BCUT2D eigenvalue weighted by Gasteiger charge is 2.21. The number of aromatic nitrogens is 3. The summed E-state index contributed by atoms with van der Waals surface area (Å²) in [5.74, 6) is 0.0490. The minimum Gasteiger partial charge on any atom is -0.482 e. The second-order valence-corrected chi connectivity index (χ2v) is 9.05. The van der Waals surface area contributed by atoms with Crippen LogP contribution in [-0.4, -0.2) is 20.7 Å². The van der Waals surface area contributed by atoms with Crippen LogP contribution in [0.5, 0.6) is 5.75 Å². The predicted molar refractivity (Wildman–Crippen MR) is 133 cm³/mol. The number of carbonyl (C=O) groups is 1. The van der Waals surface area contributed by atoms with Gasteiger partial charge in [-0.1, -0.05) is 87.8 Å². The first kappa shape index (κ1) is 24.7. The molecule has 34 heavy (non-hydrogen) atoms. The van der Waals surface area contributed by atoms with E-state index in [1.807, 2.05) is 25.1 Å². The van der Waals surface area contributed by atoms with E-state index >= 15 is 0 Å². The summed E-state index contributed by atoms with van der Waals surface area (Å²) in [7, 11) is 0. The minimum atomic E-state index is -0.520. The number of nitrogens with one attached hydrogen (secondary N) is 1. The third kappa shape index (κ3) is 5.45. The average Bonchev–Trinajstić information content (AvgIpc) is 3.46. The Bertz CT molecular complexity index is 1340. The van der Waals surface area contributed by atoms with Gasteiger partial charge in [-0.25, -0.2) is 9.67 Å². The number of ether oxygens (including phenoxy) is 1. The number of furan rings is 1. The molecule has 2 aromatic carbocycles. The number of anilines is 1. The first-order valence-corrected chi connectivity index (χ1v) is 11.6. The van der Waals surface area contributed by atoms with Crippen molar-refractivity contribution in [3.8, 4) is 5.75 Å². The Balaban J connectivity index is 1.38. The Kier molecular flexibility index (Phi) is 7.60. The zero-order chi connectivity index (χ0) is 24.4. The van der Waals surface area contributed by atoms with Crippen LogP contribution in [0.25, 0.3) is 0 Å². The van der Waals surface area contributed by atoms with Crippen molar-refractivity contribution in [2.24, 2.45) is 0 Å². The lowest BCUT2D eigenvalue weighted by atomic mass is 10.1. The molecule has 0 radical (unpaired) electrons. The van der Waals surface area contributed by atoms with Gasteiger partial charge in [0.15, 0.2) is 11.5 Å². The smallest absolute Gasteiger partial charge is 0.293 e. The van der Waals surface area contributed by atoms with Gasteiger partial charge in [0.25, 0.3) is 5.91 Å². The molecule has 2 heterocycles. The monoisotopic (exact) mass is 558 g/mol. The number of aryl methyl sites for hydroxylation is 1. The van der Waals surface area contributed by atoms with E-state index in [9.17, 15) is 4.79 Å². The van der Waals surface area contributed by atoms with Crippen molar-refractivity contribution in [3.05, 3.63) is 90.5 Å². The Morgan fingerprint density at radius 2 is 1.74 bits per heavy atom. The highest BCUT2D eigenvalue weighted by molar-refractivity contribution is 6.55. The van der Waals surface area contributed by atoms with Crippen LogP contribution in [0.15, 0.2) is 47.1 Å². The third-order valence-electron chi connectivity index (χ3n) is 4.60. The molecule has 1 N–H and O–H groups in total. The van der Waals surface area contributed by atoms with Crippen LogP contribution in [0.4, 0.5) is 5.95 Å². The summed E-state index contributed by atoms with van der Waals surface area (Å²) in [5, 5.41) is 6.94. The van der Waals surface area contributed by atoms with E-state index < -0.39 is 5.91 Å². The summed E-state index contributed by atoms with van der Waals surface area (Å²) in [6.07, 6.45) is 1.54. The summed E-state index contributed by atoms with van der Waals surface area (Å²) < 4.78 is 12.8. The zero-order valence-electron chi connectivity index (χ0n) is 17.4. The quantitative estimate of drug-likeness (QED) is 0.189. The standard InChI is InChI=1S/C22H15Cl5N4O3/c1-11-3-2-4-12(7-11)8-31-10-28-22(30-31)29-21(32)14-6-5-13(34-14)9-33-20-18(26)16(24)15(23)17(25)19(20)27/h2-7,10H,8-9H2,1H3,(H,29,30,32). The molecule has 0 aliphatic carbocycles. The molecule has 0 saturated heterocycles. The predicted octanol–water partition coefficient (Wildman–Crippen LogP) is 7.33. The van der Waals surface area contributed by atoms with E-state index in [1.54, 1.807) is 10.7 Å². The summed E-state index contributed by atoms with van der Waals surface area (Å²) >= 11 is 30.4. The number of amides is 1. The molecule has 176 valence electrons. The van der Waals surface area contributed by atoms with Crippen molar-refractivity contribution in [1.82, 2.24) is 14.8 Å². The van der Waals surface area contributed by atoms with Crippen molar-refractivity contribution < 1.29 is 13.9 Å². The Labute approximate surface area is 219 Å². The lowest BCUT2D eigenvalue weighted by Crippen LogP contribution is -2.12. The first-order valence-electron chi connectivity index (χ1n) is 9.72. The van der Waals surface area contributed by atoms with Gasteiger partial charge in [-0.05, 0) is 24.6 Å². The Morgan fingerprint density at radius 3 is 2.44 bits per heavy atom. The van der Waals surface area contributed by atoms with Gasteiger partial charge in [0.2, 0.25) is 5.95 Å². The lowest BCUT2D eigenvalue weighted by Gasteiger charge is -2.12. The van der Waals surface area contributed by atoms with Gasteiger partial charge in [0.1, 0.15) is 28.7 Å². The molecule has 12 heteroatoms. The summed E-state index contributed by atoms with van der Waals surface area (Å²) in [6, 6.07) is 11.1. The molecule has 0 atom stereocenters. The van der Waals surface area contributed by atoms with Gasteiger partial charge in [-0.2, -0.15) is 0 Å². The topological polar surface area (TPSA) is 82.2 Å². The average molecular weight is 561 g/mol. The van der Waals surface area contributed by atoms with Crippen LogP contribution in [-0.2, 0) is 13.2 Å². The van der Waals surface area contributed by atoms with Gasteiger partial charge in [0.05, 0.1) is 21.6 Å².